The van der Waals surface area contributed by atoms with E-state index in [-0.39, 0.29) is 29.8 Å². The lowest BCUT2D eigenvalue weighted by Crippen LogP contribution is -2.51. The molecular weight excluding hydrogens is 520 g/mol. The number of piperidine rings is 1. The van der Waals surface area contributed by atoms with E-state index >= 15 is 0 Å². The number of nitrogens with zero attached hydrogens (tertiary/aromatic N) is 4. The second-order valence-corrected chi connectivity index (χ2v) is 11.4. The van der Waals surface area contributed by atoms with Crippen molar-refractivity contribution in [3.8, 4) is 0 Å². The molecule has 1 unspecified atom stereocenters. The van der Waals surface area contributed by atoms with Gasteiger partial charge in [-0.2, -0.15) is 0 Å². The summed E-state index contributed by atoms with van der Waals surface area (Å²) in [6.45, 7) is 2.13. The molecule has 0 bridgehead atoms. The Hall–Kier alpha value is -3.60. The Bertz CT molecular complexity index is 1380. The summed E-state index contributed by atoms with van der Waals surface area (Å²) in [7, 11) is 3.82. The zero-order valence-electron chi connectivity index (χ0n) is 24.1. The zero-order valence-corrected chi connectivity index (χ0v) is 24.1. The number of hydrogen-bond donors (Lipinski definition) is 3. The van der Waals surface area contributed by atoms with E-state index in [2.05, 4.69) is 10.3 Å². The number of benzene rings is 2. The van der Waals surface area contributed by atoms with Crippen LogP contribution in [0.4, 0.5) is 5.69 Å². The van der Waals surface area contributed by atoms with Gasteiger partial charge in [0.15, 0.2) is 0 Å². The molecule has 3 aromatic rings. The minimum absolute atomic E-state index is 0.0958. The molecule has 1 atom stereocenters. The molecule has 1 aromatic heterocycles. The van der Waals surface area contributed by atoms with Crippen LogP contribution in [0.2, 0.25) is 0 Å². The van der Waals surface area contributed by atoms with Crippen molar-refractivity contribution in [1.82, 2.24) is 19.4 Å². The van der Waals surface area contributed by atoms with Crippen LogP contribution in [0.15, 0.2) is 59.7 Å². The molecule has 1 saturated heterocycles. The number of aliphatic hydroxyl groups is 1. The summed E-state index contributed by atoms with van der Waals surface area (Å²) in [6, 6.07) is 15.0. The summed E-state index contributed by atoms with van der Waals surface area (Å²) in [5.41, 5.74) is 6.55. The number of nitrogens with one attached hydrogen (secondary N) is 1. The summed E-state index contributed by atoms with van der Waals surface area (Å²) in [5, 5.41) is 14.6. The summed E-state index contributed by atoms with van der Waals surface area (Å²) in [5.74, 6) is -0.162. The average molecular weight is 563 g/mol. The van der Waals surface area contributed by atoms with Crippen molar-refractivity contribution in [3.05, 3.63) is 70.8 Å². The van der Waals surface area contributed by atoms with E-state index in [1.807, 2.05) is 54.2 Å². The van der Waals surface area contributed by atoms with Crippen LogP contribution in [0.3, 0.4) is 0 Å². The number of likely N-dealkylation sites (tertiary alicyclic amines) is 1. The highest BCUT2D eigenvalue weighted by molar-refractivity contribution is 5.93. The first-order chi connectivity index (χ1) is 19.7. The van der Waals surface area contributed by atoms with Crippen LogP contribution in [0.5, 0.6) is 0 Å². The lowest BCUT2D eigenvalue weighted by Gasteiger charge is -2.39. The maximum absolute atomic E-state index is 13.4. The topological polar surface area (TPSA) is 134 Å². The molecule has 2 aromatic carbocycles. The molecule has 41 heavy (non-hydrogen) atoms. The second-order valence-electron chi connectivity index (χ2n) is 11.4. The number of rotatable bonds is 12. The third kappa shape index (κ3) is 8.22. The first-order valence-electron chi connectivity index (χ1n) is 14.4. The lowest BCUT2D eigenvalue weighted by atomic mass is 9.88. The van der Waals surface area contributed by atoms with E-state index in [0.29, 0.717) is 68.5 Å². The van der Waals surface area contributed by atoms with Crippen molar-refractivity contribution in [2.75, 3.05) is 45.6 Å². The molecule has 1 aliphatic rings. The molecule has 1 aliphatic heterocycles. The number of aromatic nitrogens is 2. The fraction of sp³-hybridized carbons (Fsp3) is 0.484. The number of nitrogens with two attached hydrogens (primary N) is 1. The number of hydrogen-bond acceptors (Lipinski definition) is 7. The van der Waals surface area contributed by atoms with Gasteiger partial charge in [-0.3, -0.25) is 19.0 Å². The summed E-state index contributed by atoms with van der Waals surface area (Å²) in [4.78, 5) is 47.1. The maximum Gasteiger partial charge on any atom is 0.261 e. The molecule has 0 aliphatic carbocycles. The predicted molar refractivity (Wildman–Crippen MR) is 160 cm³/mol. The van der Waals surface area contributed by atoms with E-state index in [9.17, 15) is 19.5 Å². The molecule has 0 saturated carbocycles. The van der Waals surface area contributed by atoms with Gasteiger partial charge in [0, 0.05) is 37.7 Å². The molecule has 1 fully saturated rings. The Morgan fingerprint density at radius 2 is 1.88 bits per heavy atom. The summed E-state index contributed by atoms with van der Waals surface area (Å²) >= 11 is 0. The molecule has 2 heterocycles. The Kier molecular flexibility index (Phi) is 10.3. The Morgan fingerprint density at radius 1 is 1.15 bits per heavy atom. The standard InChI is InChI=1S/C31H42N6O4/c1-35(2)16-12-28(38)34-25-10-11-26-27(20-25)33-22-37(30(26)40)21-31(41)13-17-36(18-14-31)29(39)24(9-6-15-32)19-23-7-4-3-5-8-23/h3-5,7-8,10-11,20,22,24,41H,6,9,12-19,21,32H2,1-2H3,(H,34,38). The van der Waals surface area contributed by atoms with Gasteiger partial charge in [-0.25, -0.2) is 4.98 Å². The molecule has 220 valence electrons. The van der Waals surface area contributed by atoms with Gasteiger partial charge in [0.05, 0.1) is 29.4 Å². The smallest absolute Gasteiger partial charge is 0.261 e. The van der Waals surface area contributed by atoms with Gasteiger partial charge in [0.25, 0.3) is 5.56 Å². The van der Waals surface area contributed by atoms with Crippen LogP contribution in [0, 0.1) is 5.92 Å². The fourth-order valence-electron chi connectivity index (χ4n) is 5.35. The number of carbonyl (C=O) groups is 2. The molecule has 4 rings (SSSR count). The van der Waals surface area contributed by atoms with E-state index in [1.54, 1.807) is 18.2 Å². The van der Waals surface area contributed by atoms with Gasteiger partial charge in [-0.15, -0.1) is 0 Å². The third-order valence-electron chi connectivity index (χ3n) is 7.80. The minimum Gasteiger partial charge on any atom is -0.388 e. The minimum atomic E-state index is -1.12. The van der Waals surface area contributed by atoms with Crippen molar-refractivity contribution in [2.24, 2.45) is 11.7 Å². The second kappa shape index (κ2) is 13.8. The van der Waals surface area contributed by atoms with E-state index in [0.717, 1.165) is 18.4 Å². The summed E-state index contributed by atoms with van der Waals surface area (Å²) < 4.78 is 1.44. The largest absolute Gasteiger partial charge is 0.388 e. The van der Waals surface area contributed by atoms with Crippen LogP contribution in [-0.2, 0) is 22.6 Å². The molecule has 0 spiro atoms. The molecule has 0 radical (unpaired) electrons. The first kappa shape index (κ1) is 30.4. The van der Waals surface area contributed by atoms with E-state index in [1.165, 1.54) is 10.9 Å². The number of anilines is 1. The first-order valence-corrected chi connectivity index (χ1v) is 14.4. The maximum atomic E-state index is 13.4. The molecule has 10 nitrogen and oxygen atoms in total. The normalized spacial score (nSPS) is 15.7. The molecular formula is C31H42N6O4. The monoisotopic (exact) mass is 562 g/mol. The van der Waals surface area contributed by atoms with E-state index < -0.39 is 5.60 Å². The van der Waals surface area contributed by atoms with Gasteiger partial charge in [0.1, 0.15) is 0 Å². The fourth-order valence-corrected chi connectivity index (χ4v) is 5.35. The number of carbonyl (C=O) groups excluding carboxylic acids is 2. The van der Waals surface area contributed by atoms with Gasteiger partial charge in [-0.05, 0) is 76.5 Å². The molecule has 10 heteroatoms. The molecule has 2 amide bonds. The van der Waals surface area contributed by atoms with Crippen molar-refractivity contribution in [3.63, 3.8) is 0 Å². The van der Waals surface area contributed by atoms with E-state index in [4.69, 9.17) is 5.73 Å². The van der Waals surface area contributed by atoms with Crippen LogP contribution in [0.25, 0.3) is 10.9 Å². The lowest BCUT2D eigenvalue weighted by molar-refractivity contribution is -0.140. The van der Waals surface area contributed by atoms with Crippen LogP contribution in [-0.4, -0.2) is 82.1 Å². The quantitative estimate of drug-likeness (QED) is 0.308. The Labute approximate surface area is 241 Å². The highest BCUT2D eigenvalue weighted by atomic mass is 16.3. The summed E-state index contributed by atoms with van der Waals surface area (Å²) in [6.07, 6.45) is 4.73. The van der Waals surface area contributed by atoms with Crippen molar-refractivity contribution >= 4 is 28.4 Å². The SMILES string of the molecule is CN(C)CCC(=O)Nc1ccc2c(=O)n(CC3(O)CCN(C(=O)C(CCCN)Cc4ccccc4)CC3)cnc2c1. The predicted octanol–water partition coefficient (Wildman–Crippen LogP) is 2.24. The Balaban J connectivity index is 1.38. The Morgan fingerprint density at radius 3 is 2.56 bits per heavy atom. The van der Waals surface area contributed by atoms with Crippen LogP contribution in [0.1, 0.15) is 37.7 Å². The van der Waals surface area contributed by atoms with Crippen molar-refractivity contribution in [1.29, 1.82) is 0 Å². The van der Waals surface area contributed by atoms with Gasteiger partial charge < -0.3 is 26.0 Å². The average Bonchev–Trinajstić information content (AvgIpc) is 2.96. The van der Waals surface area contributed by atoms with Crippen molar-refractivity contribution in [2.45, 2.75) is 50.7 Å². The number of amides is 2. The van der Waals surface area contributed by atoms with Crippen molar-refractivity contribution < 1.29 is 14.7 Å². The highest BCUT2D eigenvalue weighted by Crippen LogP contribution is 2.27. The highest BCUT2D eigenvalue weighted by Gasteiger charge is 2.36. The molecule has 4 N–H and O–H groups in total. The zero-order chi connectivity index (χ0) is 29.4. The number of fused-ring (bicyclic) bond motifs is 1. The van der Waals surface area contributed by atoms with Gasteiger partial charge in [0.2, 0.25) is 11.8 Å². The van der Waals surface area contributed by atoms with Crippen LogP contribution >= 0.6 is 0 Å². The van der Waals surface area contributed by atoms with Gasteiger partial charge in [-0.1, -0.05) is 30.3 Å². The van der Waals surface area contributed by atoms with Crippen LogP contribution < -0.4 is 16.6 Å². The van der Waals surface area contributed by atoms with Gasteiger partial charge >= 0.3 is 0 Å². The third-order valence-corrected chi connectivity index (χ3v) is 7.80.